The highest BCUT2D eigenvalue weighted by Crippen LogP contribution is 2.63. The molecular formula is C37H22Br2. The van der Waals surface area contributed by atoms with Crippen molar-refractivity contribution < 1.29 is 0 Å². The number of rotatable bonds is 2. The van der Waals surface area contributed by atoms with Gasteiger partial charge in [-0.25, -0.2) is 0 Å². The lowest BCUT2D eigenvalue weighted by Gasteiger charge is -2.31. The predicted molar refractivity (Wildman–Crippen MR) is 169 cm³/mol. The molecular weight excluding hydrogens is 604 g/mol. The van der Waals surface area contributed by atoms with Gasteiger partial charge in [0.2, 0.25) is 0 Å². The lowest BCUT2D eigenvalue weighted by molar-refractivity contribution is 0.794. The van der Waals surface area contributed by atoms with Crippen molar-refractivity contribution in [3.05, 3.63) is 165 Å². The van der Waals surface area contributed by atoms with Gasteiger partial charge in [-0.1, -0.05) is 129 Å². The summed E-state index contributed by atoms with van der Waals surface area (Å²) >= 11 is 7.20. The lowest BCUT2D eigenvalue weighted by Crippen LogP contribution is -2.26. The number of halogens is 2. The third-order valence-electron chi connectivity index (χ3n) is 8.44. The van der Waals surface area contributed by atoms with Crippen molar-refractivity contribution >= 4 is 31.9 Å². The van der Waals surface area contributed by atoms with Gasteiger partial charge < -0.3 is 0 Å². The minimum Gasteiger partial charge on any atom is -0.0619 e. The van der Waals surface area contributed by atoms with Crippen LogP contribution in [0.15, 0.2) is 142 Å². The van der Waals surface area contributed by atoms with Gasteiger partial charge in [0.15, 0.2) is 0 Å². The van der Waals surface area contributed by atoms with Crippen LogP contribution in [0.2, 0.25) is 0 Å². The Hall–Kier alpha value is -3.72. The minimum atomic E-state index is -0.366. The first kappa shape index (κ1) is 23.2. The molecule has 0 bridgehead atoms. The molecule has 0 atom stereocenters. The second-order valence-corrected chi connectivity index (χ2v) is 12.2. The van der Waals surface area contributed by atoms with E-state index in [4.69, 9.17) is 0 Å². The van der Waals surface area contributed by atoms with Gasteiger partial charge in [-0.2, -0.15) is 0 Å². The van der Waals surface area contributed by atoms with Gasteiger partial charge in [0.1, 0.15) is 0 Å². The van der Waals surface area contributed by atoms with Crippen LogP contribution < -0.4 is 0 Å². The Labute approximate surface area is 245 Å². The van der Waals surface area contributed by atoms with Gasteiger partial charge in [0.25, 0.3) is 0 Å². The first-order valence-corrected chi connectivity index (χ1v) is 14.7. The smallest absolute Gasteiger partial charge is 0.0619 e. The first-order chi connectivity index (χ1) is 19.1. The van der Waals surface area contributed by atoms with Crippen molar-refractivity contribution in [2.45, 2.75) is 5.41 Å². The SMILES string of the molecule is Brc1ccc(-c2ccc3c(c2)C2(c4ccccc4-c4ccccc42)c2cc(-c4ccc(Br)cc4)ccc2-3)cc1. The van der Waals surface area contributed by atoms with Crippen LogP contribution in [0.25, 0.3) is 44.5 Å². The van der Waals surface area contributed by atoms with E-state index in [1.807, 2.05) is 0 Å². The van der Waals surface area contributed by atoms with Gasteiger partial charge in [-0.05, 0) is 103 Å². The number of hydrogen-bond donors (Lipinski definition) is 0. The molecule has 184 valence electrons. The summed E-state index contributed by atoms with van der Waals surface area (Å²) in [5.74, 6) is 0. The van der Waals surface area contributed by atoms with Crippen LogP contribution in [0, 0.1) is 0 Å². The average molecular weight is 626 g/mol. The van der Waals surface area contributed by atoms with Crippen molar-refractivity contribution in [2.75, 3.05) is 0 Å². The van der Waals surface area contributed by atoms with E-state index in [0.29, 0.717) is 0 Å². The topological polar surface area (TPSA) is 0 Å². The minimum absolute atomic E-state index is 0.366. The van der Waals surface area contributed by atoms with Crippen LogP contribution in [0.1, 0.15) is 22.3 Å². The van der Waals surface area contributed by atoms with Gasteiger partial charge in [-0.3, -0.25) is 0 Å². The second-order valence-electron chi connectivity index (χ2n) is 10.4. The zero-order chi connectivity index (χ0) is 26.1. The number of hydrogen-bond acceptors (Lipinski definition) is 0. The highest BCUT2D eigenvalue weighted by molar-refractivity contribution is 9.10. The van der Waals surface area contributed by atoms with Crippen molar-refractivity contribution in [1.29, 1.82) is 0 Å². The molecule has 39 heavy (non-hydrogen) atoms. The molecule has 0 saturated carbocycles. The van der Waals surface area contributed by atoms with Crippen molar-refractivity contribution in [3.63, 3.8) is 0 Å². The van der Waals surface area contributed by atoms with Crippen LogP contribution in [-0.4, -0.2) is 0 Å². The average Bonchev–Trinajstić information content (AvgIpc) is 3.44. The molecule has 0 unspecified atom stereocenters. The standard InChI is InChI=1S/C37H22Br2/c38-27-15-9-23(10-16-27)25-13-19-31-32-20-14-26(24-11-17-28(39)18-12-24)22-36(32)37(35(31)21-25)33-7-3-1-5-29(33)30-6-2-4-8-34(30)37/h1-22H. The van der Waals surface area contributed by atoms with E-state index in [1.54, 1.807) is 0 Å². The van der Waals surface area contributed by atoms with Crippen molar-refractivity contribution in [1.82, 2.24) is 0 Å². The van der Waals surface area contributed by atoms with Gasteiger partial charge in [0, 0.05) is 8.95 Å². The maximum atomic E-state index is 3.60. The lowest BCUT2D eigenvalue weighted by atomic mass is 9.70. The van der Waals surface area contributed by atoms with E-state index in [2.05, 4.69) is 165 Å². The number of benzene rings is 6. The molecule has 6 aromatic rings. The van der Waals surface area contributed by atoms with Gasteiger partial charge in [-0.15, -0.1) is 0 Å². The van der Waals surface area contributed by atoms with E-state index in [0.717, 1.165) is 8.95 Å². The zero-order valence-electron chi connectivity index (χ0n) is 21.0. The van der Waals surface area contributed by atoms with Gasteiger partial charge in [0.05, 0.1) is 5.41 Å². The summed E-state index contributed by atoms with van der Waals surface area (Å²) in [7, 11) is 0. The molecule has 2 heteroatoms. The van der Waals surface area contributed by atoms with E-state index in [1.165, 1.54) is 66.8 Å². The molecule has 2 aliphatic rings. The summed E-state index contributed by atoms with van der Waals surface area (Å²) in [5.41, 5.74) is 15.3. The Bertz CT molecular complexity index is 1770. The van der Waals surface area contributed by atoms with Crippen LogP contribution in [0.3, 0.4) is 0 Å². The second kappa shape index (κ2) is 8.64. The zero-order valence-corrected chi connectivity index (χ0v) is 24.1. The van der Waals surface area contributed by atoms with Crippen LogP contribution in [0.5, 0.6) is 0 Å². The van der Waals surface area contributed by atoms with E-state index in [-0.39, 0.29) is 5.41 Å². The number of fused-ring (bicyclic) bond motifs is 10. The highest BCUT2D eigenvalue weighted by atomic mass is 79.9. The van der Waals surface area contributed by atoms with E-state index < -0.39 is 0 Å². The van der Waals surface area contributed by atoms with Crippen LogP contribution >= 0.6 is 31.9 Å². The molecule has 0 aromatic heterocycles. The Kier molecular flexibility index (Phi) is 5.14. The summed E-state index contributed by atoms with van der Waals surface area (Å²) in [6, 6.07) is 49.4. The predicted octanol–water partition coefficient (Wildman–Crippen LogP) is 10.9. The molecule has 0 heterocycles. The summed E-state index contributed by atoms with van der Waals surface area (Å²) in [5, 5.41) is 0. The third-order valence-corrected chi connectivity index (χ3v) is 9.50. The molecule has 0 nitrogen and oxygen atoms in total. The molecule has 0 N–H and O–H groups in total. The molecule has 2 aliphatic carbocycles. The highest BCUT2D eigenvalue weighted by Gasteiger charge is 2.51. The summed E-state index contributed by atoms with van der Waals surface area (Å²) in [4.78, 5) is 0. The Morgan fingerprint density at radius 2 is 0.692 bits per heavy atom. The maximum absolute atomic E-state index is 3.60. The third kappa shape index (κ3) is 3.28. The Morgan fingerprint density at radius 3 is 1.13 bits per heavy atom. The summed E-state index contributed by atoms with van der Waals surface area (Å²) < 4.78 is 2.19. The molecule has 0 radical (unpaired) electrons. The molecule has 0 fully saturated rings. The normalized spacial score (nSPS) is 13.6. The molecule has 0 amide bonds. The Morgan fingerprint density at radius 1 is 0.333 bits per heavy atom. The molecule has 8 rings (SSSR count). The van der Waals surface area contributed by atoms with E-state index in [9.17, 15) is 0 Å². The summed E-state index contributed by atoms with van der Waals surface area (Å²) in [6.45, 7) is 0. The molecule has 0 aliphatic heterocycles. The molecule has 1 spiro atoms. The molecule has 6 aromatic carbocycles. The fourth-order valence-electron chi connectivity index (χ4n) is 6.78. The first-order valence-electron chi connectivity index (χ1n) is 13.2. The van der Waals surface area contributed by atoms with Crippen molar-refractivity contribution in [2.24, 2.45) is 0 Å². The quantitative estimate of drug-likeness (QED) is 0.179. The monoisotopic (exact) mass is 624 g/mol. The molecule has 0 saturated heterocycles. The van der Waals surface area contributed by atoms with Crippen LogP contribution in [-0.2, 0) is 5.41 Å². The fourth-order valence-corrected chi connectivity index (χ4v) is 7.31. The van der Waals surface area contributed by atoms with Gasteiger partial charge >= 0.3 is 0 Å². The largest absolute Gasteiger partial charge is 0.0725 e. The Balaban J connectivity index is 1.47. The van der Waals surface area contributed by atoms with Crippen molar-refractivity contribution in [3.8, 4) is 44.5 Å². The fraction of sp³-hybridized carbons (Fsp3) is 0.0270. The van der Waals surface area contributed by atoms with Crippen LogP contribution in [0.4, 0.5) is 0 Å². The maximum Gasteiger partial charge on any atom is 0.0725 e. The summed E-state index contributed by atoms with van der Waals surface area (Å²) in [6.07, 6.45) is 0. The van der Waals surface area contributed by atoms with E-state index >= 15 is 0 Å².